The second-order valence-electron chi connectivity index (χ2n) is 17.9. The van der Waals surface area contributed by atoms with E-state index in [1.165, 1.54) is 48.2 Å². The zero-order valence-corrected chi connectivity index (χ0v) is 40.4. The molecular formula is C47H54ClN9O9S2. The number of aromatic nitrogens is 2. The van der Waals surface area contributed by atoms with E-state index >= 15 is 0 Å². The molecule has 5 aromatic rings. The van der Waals surface area contributed by atoms with E-state index in [0.29, 0.717) is 49.1 Å². The average Bonchev–Trinajstić information content (AvgIpc) is 3.79. The van der Waals surface area contributed by atoms with Crippen molar-refractivity contribution in [3.05, 3.63) is 117 Å². The van der Waals surface area contributed by atoms with Gasteiger partial charge in [-0.3, -0.25) is 24.7 Å². The fourth-order valence-corrected chi connectivity index (χ4v) is 11.7. The molecule has 2 aromatic heterocycles. The lowest BCUT2D eigenvalue weighted by Gasteiger charge is -2.39. The van der Waals surface area contributed by atoms with Crippen molar-refractivity contribution in [1.29, 1.82) is 0 Å². The molecule has 0 bridgehead atoms. The van der Waals surface area contributed by atoms with Crippen molar-refractivity contribution in [3.63, 3.8) is 0 Å². The van der Waals surface area contributed by atoms with Crippen LogP contribution in [0.1, 0.15) is 49.0 Å². The Kier molecular flexibility index (Phi) is 14.4. The molecule has 3 aromatic carbocycles. The summed E-state index contributed by atoms with van der Waals surface area (Å²) in [5, 5.41) is 16.7. The van der Waals surface area contributed by atoms with E-state index in [2.05, 4.69) is 64.9 Å². The van der Waals surface area contributed by atoms with Crippen LogP contribution in [0.2, 0.25) is 5.02 Å². The second-order valence-corrected chi connectivity index (χ2v) is 22.6. The van der Waals surface area contributed by atoms with Crippen LogP contribution in [0, 0.1) is 15.5 Å². The van der Waals surface area contributed by atoms with Gasteiger partial charge in [-0.25, -0.2) is 27.1 Å². The number of benzene rings is 3. The first-order valence-electron chi connectivity index (χ1n) is 22.3. The lowest BCUT2D eigenvalue weighted by atomic mass is 9.72. The molecule has 18 nitrogen and oxygen atoms in total. The number of sulfonamides is 1. The average molecular weight is 989 g/mol. The van der Waals surface area contributed by atoms with Crippen LogP contribution >= 0.6 is 11.6 Å². The summed E-state index contributed by atoms with van der Waals surface area (Å²) in [5.41, 5.74) is 5.17. The summed E-state index contributed by atoms with van der Waals surface area (Å²) in [6.45, 7) is 9.93. The highest BCUT2D eigenvalue weighted by Crippen LogP contribution is 2.43. The summed E-state index contributed by atoms with van der Waals surface area (Å²) in [5.74, 6) is -0.244. The molecule has 1 aliphatic carbocycles. The maximum absolute atomic E-state index is 14.0. The molecule has 0 saturated carbocycles. The molecule has 0 spiro atoms. The zero-order valence-electron chi connectivity index (χ0n) is 38.0. The molecule has 3 N–H and O–H groups in total. The Bertz CT molecular complexity index is 2980. The highest BCUT2D eigenvalue weighted by molar-refractivity contribution is 7.94. The molecule has 0 atom stereocenters. The Balaban J connectivity index is 0.960. The summed E-state index contributed by atoms with van der Waals surface area (Å²) in [4.78, 5) is 50.6. The Morgan fingerprint density at radius 1 is 0.985 bits per heavy atom. The van der Waals surface area contributed by atoms with Crippen LogP contribution in [0.25, 0.3) is 16.6 Å². The number of ether oxygens (including phenoxy) is 2. The van der Waals surface area contributed by atoms with E-state index in [1.54, 1.807) is 24.4 Å². The zero-order chi connectivity index (χ0) is 48.2. The molecule has 0 radical (unpaired) electrons. The number of allylic oxidation sites excluding steroid dienone is 1. The summed E-state index contributed by atoms with van der Waals surface area (Å²) < 4.78 is 57.0. The summed E-state index contributed by atoms with van der Waals surface area (Å²) >= 11 is 6.24. The molecule has 68 heavy (non-hydrogen) atoms. The van der Waals surface area contributed by atoms with Gasteiger partial charge in [-0.2, -0.15) is 0 Å². The predicted octanol–water partition coefficient (Wildman–Crippen LogP) is 7.78. The highest BCUT2D eigenvalue weighted by Gasteiger charge is 2.31. The van der Waals surface area contributed by atoms with Gasteiger partial charge in [0.15, 0.2) is 0 Å². The molecule has 3 aliphatic rings. The van der Waals surface area contributed by atoms with Gasteiger partial charge in [-0.1, -0.05) is 43.2 Å². The molecule has 360 valence electrons. The SMILES string of the molecule is COC(=O)N=S1(=O)CCN(CCNc2ccc(S(=O)(=O)NC(=O)c3ccc(N4CCN(CC5=C(c6ccc(Cl)cc6)CC(C)(C)CC5)CC4)cc3Oc3cnc4[nH]ccc4c3)cc2[N+](=O)[O-])CC1. The number of aromatic amines is 1. The van der Waals surface area contributed by atoms with Gasteiger partial charge in [-0.05, 0) is 84.3 Å². The van der Waals surface area contributed by atoms with Crippen LogP contribution < -0.4 is 19.7 Å². The number of rotatable bonds is 14. The minimum atomic E-state index is -4.64. The maximum Gasteiger partial charge on any atom is 0.441 e. The van der Waals surface area contributed by atoms with Crippen molar-refractivity contribution in [2.45, 2.75) is 38.0 Å². The van der Waals surface area contributed by atoms with Crippen molar-refractivity contribution in [2.24, 2.45) is 9.78 Å². The number of nitro groups is 1. The van der Waals surface area contributed by atoms with Crippen LogP contribution in [0.4, 0.5) is 21.9 Å². The first kappa shape index (κ1) is 48.4. The third kappa shape index (κ3) is 11.6. The number of nitrogens with zero attached hydrogens (tertiary/aromatic N) is 6. The largest absolute Gasteiger partial charge is 0.455 e. The fraction of sp³-hybridized carbons (Fsp3) is 0.383. The molecule has 21 heteroatoms. The van der Waals surface area contributed by atoms with Gasteiger partial charge in [0.05, 0.1) is 38.4 Å². The second kappa shape index (κ2) is 20.3. The fourth-order valence-electron chi connectivity index (χ4n) is 8.79. The Hall–Kier alpha value is -6.06. The van der Waals surface area contributed by atoms with Crippen LogP contribution in [0.3, 0.4) is 0 Å². The summed E-state index contributed by atoms with van der Waals surface area (Å²) in [6, 6.07) is 20.0. The van der Waals surface area contributed by atoms with Crippen molar-refractivity contribution in [3.8, 4) is 11.5 Å². The van der Waals surface area contributed by atoms with E-state index in [4.69, 9.17) is 16.3 Å². The minimum absolute atomic E-state index is 0.0692. The van der Waals surface area contributed by atoms with Crippen LogP contribution in [0.5, 0.6) is 11.5 Å². The number of H-pyrrole nitrogens is 1. The van der Waals surface area contributed by atoms with E-state index < -0.39 is 47.3 Å². The Morgan fingerprint density at radius 2 is 1.74 bits per heavy atom. The van der Waals surface area contributed by atoms with E-state index in [0.717, 1.165) is 56.0 Å². The minimum Gasteiger partial charge on any atom is -0.455 e. The number of methoxy groups -OCH3 is 1. The van der Waals surface area contributed by atoms with E-state index in [1.807, 2.05) is 23.1 Å². The van der Waals surface area contributed by atoms with Gasteiger partial charge in [0, 0.05) is 105 Å². The third-order valence-corrected chi connectivity index (χ3v) is 16.4. The van der Waals surface area contributed by atoms with E-state index in [-0.39, 0.29) is 40.5 Å². The molecule has 2 saturated heterocycles. The number of fused-ring (bicyclic) bond motifs is 1. The first-order valence-corrected chi connectivity index (χ1v) is 26.0. The molecule has 2 aliphatic heterocycles. The number of carbonyl (C=O) groups is 2. The topological polar surface area (TPSA) is 222 Å². The molecule has 2 fully saturated rings. The van der Waals surface area contributed by atoms with E-state index in [9.17, 15) is 32.3 Å². The van der Waals surface area contributed by atoms with Gasteiger partial charge >= 0.3 is 6.09 Å². The lowest BCUT2D eigenvalue weighted by molar-refractivity contribution is -0.384. The van der Waals surface area contributed by atoms with Gasteiger partial charge in [-0.15, -0.1) is 4.36 Å². The van der Waals surface area contributed by atoms with Gasteiger partial charge in [0.2, 0.25) is 0 Å². The van der Waals surface area contributed by atoms with Crippen molar-refractivity contribution in [1.82, 2.24) is 24.5 Å². The molecular weight excluding hydrogens is 934 g/mol. The predicted molar refractivity (Wildman–Crippen MR) is 263 cm³/mol. The number of nitro benzene ring substituents is 1. The maximum atomic E-state index is 14.0. The number of pyridine rings is 1. The van der Waals surface area contributed by atoms with Crippen molar-refractivity contribution in [2.75, 3.05) is 87.7 Å². The molecule has 8 rings (SSSR count). The Morgan fingerprint density at radius 3 is 2.46 bits per heavy atom. The number of halogens is 1. The van der Waals surface area contributed by atoms with Crippen molar-refractivity contribution < 1.29 is 36.6 Å². The number of carbonyl (C=O) groups excluding carboxylic acids is 2. The molecule has 4 heterocycles. The van der Waals surface area contributed by atoms with Gasteiger partial charge in [0.25, 0.3) is 21.6 Å². The molecule has 0 unspecified atom stereocenters. The van der Waals surface area contributed by atoms with Crippen LogP contribution in [-0.2, 0) is 24.5 Å². The molecule has 2 amide bonds. The smallest absolute Gasteiger partial charge is 0.441 e. The number of piperazine rings is 1. The normalized spacial score (nSPS) is 17.7. The number of amides is 2. The monoisotopic (exact) mass is 987 g/mol. The lowest BCUT2D eigenvalue weighted by Crippen LogP contribution is -2.47. The summed E-state index contributed by atoms with van der Waals surface area (Å²) in [7, 11) is -6.19. The Labute approximate surface area is 400 Å². The van der Waals surface area contributed by atoms with Gasteiger partial charge in [0.1, 0.15) is 22.8 Å². The van der Waals surface area contributed by atoms with Crippen molar-refractivity contribution >= 4 is 77.0 Å². The standard InChI is InChI=1S/C47H54ClN9O9S2/c1-47(2)14-12-34(40(29-47)32-4-6-35(48)7-5-32)31-55-18-20-56(21-19-55)36-8-10-39(43(27-36)66-37-26-33-13-15-50-44(33)51-30-37)45(58)52-68(63,64)38-9-11-41(42(28-38)57(60)61)49-16-17-54-22-24-67(62,25-23-54)53-46(59)65-3/h4-11,13,15,26-28,30,49H,12,14,16-25,29,31H2,1-3H3,(H,50,51)(H,52,58). The number of nitrogens with one attached hydrogen (secondary N) is 3. The number of hydrogen-bond donors (Lipinski definition) is 3. The van der Waals surface area contributed by atoms with Crippen LogP contribution in [-0.4, -0.2) is 127 Å². The number of anilines is 2. The highest BCUT2D eigenvalue weighted by atomic mass is 35.5. The third-order valence-electron chi connectivity index (χ3n) is 12.7. The summed E-state index contributed by atoms with van der Waals surface area (Å²) in [6.07, 6.45) is 5.51. The van der Waals surface area contributed by atoms with Gasteiger partial charge < -0.3 is 24.7 Å². The quantitative estimate of drug-likeness (QED) is 0.0714. The number of hydrogen-bond acceptors (Lipinski definition) is 14. The van der Waals surface area contributed by atoms with Crippen LogP contribution in [0.15, 0.2) is 100 Å². The first-order chi connectivity index (χ1) is 32.5.